The molecule has 0 radical (unpaired) electrons. The lowest BCUT2D eigenvalue weighted by Gasteiger charge is -2.34. The molecule has 0 fully saturated rings. The first kappa shape index (κ1) is 38.2. The molecule has 2 nitrogen and oxygen atoms in total. The molecule has 1 aliphatic rings. The second kappa shape index (κ2) is 14.5. The molecule has 0 aliphatic heterocycles. The van der Waals surface area contributed by atoms with Gasteiger partial charge in [0.05, 0.1) is 5.41 Å². The van der Waals surface area contributed by atoms with E-state index in [1.807, 2.05) is 18.2 Å². The van der Waals surface area contributed by atoms with Crippen molar-refractivity contribution < 1.29 is 8.83 Å². The molecule has 0 unspecified atom stereocenters. The molecule has 0 bridgehead atoms. The number of furan rings is 2. The molecular weight excluding hydrogens is 837 g/mol. The minimum atomic E-state index is -0.451. The number of para-hydroxylation sites is 1. The van der Waals surface area contributed by atoms with Gasteiger partial charge in [0, 0.05) is 21.5 Å². The molecule has 0 spiro atoms. The van der Waals surface area contributed by atoms with E-state index in [0.717, 1.165) is 55.0 Å². The van der Waals surface area contributed by atoms with Crippen LogP contribution < -0.4 is 0 Å². The Bertz CT molecular complexity index is 4360. The molecule has 0 amide bonds. The summed E-state index contributed by atoms with van der Waals surface area (Å²) in [6.07, 6.45) is 0. The van der Waals surface area contributed by atoms with E-state index < -0.39 is 5.41 Å². The van der Waals surface area contributed by atoms with Gasteiger partial charge >= 0.3 is 0 Å². The first-order valence-corrected chi connectivity index (χ1v) is 23.8. The third kappa shape index (κ3) is 5.49. The summed E-state index contributed by atoms with van der Waals surface area (Å²) in [5.41, 5.74) is 17.7. The second-order valence-corrected chi connectivity index (χ2v) is 18.7. The Balaban J connectivity index is 0.837. The quantitative estimate of drug-likeness (QED) is 0.161. The van der Waals surface area contributed by atoms with E-state index in [2.05, 4.69) is 224 Å². The molecule has 15 rings (SSSR count). The highest BCUT2D eigenvalue weighted by Gasteiger charge is 2.46. The Kier molecular flexibility index (Phi) is 8.02. The van der Waals surface area contributed by atoms with Crippen LogP contribution in [0.25, 0.3) is 121 Å². The summed E-state index contributed by atoms with van der Waals surface area (Å²) in [6, 6.07) is 89.2. The maximum absolute atomic E-state index is 6.49. The van der Waals surface area contributed by atoms with E-state index in [1.165, 1.54) is 88.0 Å². The Morgan fingerprint density at radius 1 is 0.232 bits per heavy atom. The van der Waals surface area contributed by atoms with Gasteiger partial charge in [0.15, 0.2) is 11.2 Å². The molecular formula is C67H40O2. The zero-order chi connectivity index (χ0) is 45.2. The number of rotatable bonds is 5. The number of hydrogen-bond acceptors (Lipinski definition) is 2. The van der Waals surface area contributed by atoms with Gasteiger partial charge in [-0.2, -0.15) is 0 Å². The highest BCUT2D eigenvalue weighted by atomic mass is 16.4. The summed E-state index contributed by atoms with van der Waals surface area (Å²) in [4.78, 5) is 0. The van der Waals surface area contributed by atoms with Gasteiger partial charge in [-0.1, -0.05) is 188 Å². The molecule has 0 saturated carbocycles. The minimum Gasteiger partial charge on any atom is -0.452 e. The van der Waals surface area contributed by atoms with E-state index in [1.54, 1.807) is 0 Å². The van der Waals surface area contributed by atoms with Gasteiger partial charge in [0.25, 0.3) is 0 Å². The Labute approximate surface area is 397 Å². The lowest BCUT2D eigenvalue weighted by atomic mass is 9.67. The molecule has 69 heavy (non-hydrogen) atoms. The first-order valence-electron chi connectivity index (χ1n) is 23.8. The molecule has 0 atom stereocenters. The minimum absolute atomic E-state index is 0.451. The Morgan fingerprint density at radius 3 is 1.32 bits per heavy atom. The Morgan fingerprint density at radius 2 is 0.667 bits per heavy atom. The number of fused-ring (bicyclic) bond motifs is 16. The highest BCUT2D eigenvalue weighted by Crippen LogP contribution is 2.57. The van der Waals surface area contributed by atoms with Gasteiger partial charge in [0.2, 0.25) is 0 Å². The average molecular weight is 877 g/mol. The SMILES string of the molecule is c1ccc(C2(c3ccccc3)c3ccccc3-c3ccc(-c4ccc5c6ccc(-c7cccc(-c8ccc9oc%10c(ccc%11c%12ccccc%12oc%11%10)c9c8)c7)cc6c6ccccc6c5c4)cc32)cc1. The van der Waals surface area contributed by atoms with Crippen molar-refractivity contribution in [3.05, 3.63) is 265 Å². The normalized spacial score (nSPS) is 13.0. The van der Waals surface area contributed by atoms with Gasteiger partial charge in [-0.05, 0) is 154 Å². The van der Waals surface area contributed by atoms with Crippen molar-refractivity contribution in [2.24, 2.45) is 0 Å². The van der Waals surface area contributed by atoms with Crippen LogP contribution in [0, 0.1) is 0 Å². The summed E-state index contributed by atoms with van der Waals surface area (Å²) in [5.74, 6) is 0. The van der Waals surface area contributed by atoms with Crippen molar-refractivity contribution >= 4 is 76.2 Å². The van der Waals surface area contributed by atoms with Crippen molar-refractivity contribution in [1.82, 2.24) is 0 Å². The van der Waals surface area contributed by atoms with Crippen LogP contribution in [0.2, 0.25) is 0 Å². The highest BCUT2D eigenvalue weighted by molar-refractivity contribution is 6.26. The topological polar surface area (TPSA) is 26.3 Å². The van der Waals surface area contributed by atoms with Crippen LogP contribution in [0.15, 0.2) is 251 Å². The largest absolute Gasteiger partial charge is 0.452 e. The zero-order valence-corrected chi connectivity index (χ0v) is 37.4. The Hall–Kier alpha value is -8.98. The maximum atomic E-state index is 6.49. The van der Waals surface area contributed by atoms with Crippen molar-refractivity contribution in [1.29, 1.82) is 0 Å². The lowest BCUT2D eigenvalue weighted by molar-refractivity contribution is 0.633. The van der Waals surface area contributed by atoms with Crippen LogP contribution in [0.3, 0.4) is 0 Å². The molecule has 12 aromatic carbocycles. The molecule has 0 saturated heterocycles. The lowest BCUT2D eigenvalue weighted by Crippen LogP contribution is -2.28. The van der Waals surface area contributed by atoms with E-state index >= 15 is 0 Å². The molecule has 14 aromatic rings. The van der Waals surface area contributed by atoms with E-state index in [0.29, 0.717) is 0 Å². The summed E-state index contributed by atoms with van der Waals surface area (Å²) in [5, 5.41) is 11.8. The number of hydrogen-bond donors (Lipinski definition) is 0. The predicted molar refractivity (Wildman–Crippen MR) is 287 cm³/mol. The van der Waals surface area contributed by atoms with Crippen LogP contribution in [0.5, 0.6) is 0 Å². The van der Waals surface area contributed by atoms with E-state index in [9.17, 15) is 0 Å². The molecule has 2 heterocycles. The van der Waals surface area contributed by atoms with Crippen LogP contribution in [-0.2, 0) is 5.41 Å². The van der Waals surface area contributed by atoms with Crippen LogP contribution in [0.1, 0.15) is 22.3 Å². The van der Waals surface area contributed by atoms with Gasteiger partial charge in [-0.15, -0.1) is 0 Å². The first-order chi connectivity index (χ1) is 34.2. The van der Waals surface area contributed by atoms with Crippen molar-refractivity contribution in [3.63, 3.8) is 0 Å². The van der Waals surface area contributed by atoms with Crippen LogP contribution in [0.4, 0.5) is 0 Å². The summed E-state index contributed by atoms with van der Waals surface area (Å²) in [7, 11) is 0. The van der Waals surface area contributed by atoms with Crippen molar-refractivity contribution in [2.45, 2.75) is 5.41 Å². The average Bonchev–Trinajstić information content (AvgIpc) is 4.09. The standard InChI is InChI=1S/C67H40O2/c1-3-16-47(17-4-1)67(48-18-5-2-6-19-48)61-24-11-9-22-53(61)54-32-28-46(40-62(54)67)44-27-31-52-51-30-26-43(37-58(51)49-20-7-8-21-50(49)59(52)38-44)41-14-13-15-42(36-41)45-29-35-64-60(39-45)57-34-33-56-55-23-10-12-25-63(55)68-65(56)66(57)69-64/h1-40H. The predicted octanol–water partition coefficient (Wildman–Crippen LogP) is 18.3. The maximum Gasteiger partial charge on any atom is 0.178 e. The van der Waals surface area contributed by atoms with Crippen LogP contribution >= 0.6 is 0 Å². The fourth-order valence-electron chi connectivity index (χ4n) is 12.0. The summed E-state index contributed by atoms with van der Waals surface area (Å²) in [6.45, 7) is 0. The smallest absolute Gasteiger partial charge is 0.178 e. The fraction of sp³-hybridized carbons (Fsp3) is 0.0149. The van der Waals surface area contributed by atoms with Gasteiger partial charge in [-0.3, -0.25) is 0 Å². The third-order valence-corrected chi connectivity index (χ3v) is 15.1. The molecule has 1 aliphatic carbocycles. The second-order valence-electron chi connectivity index (χ2n) is 18.7. The molecule has 2 heteroatoms. The third-order valence-electron chi connectivity index (χ3n) is 15.1. The van der Waals surface area contributed by atoms with E-state index in [-0.39, 0.29) is 0 Å². The molecule has 0 N–H and O–H groups in total. The van der Waals surface area contributed by atoms with Crippen LogP contribution in [-0.4, -0.2) is 0 Å². The van der Waals surface area contributed by atoms with Gasteiger partial charge in [-0.25, -0.2) is 0 Å². The molecule has 2 aromatic heterocycles. The fourth-order valence-corrected chi connectivity index (χ4v) is 12.0. The van der Waals surface area contributed by atoms with Gasteiger partial charge in [0.1, 0.15) is 11.2 Å². The van der Waals surface area contributed by atoms with Crippen molar-refractivity contribution in [3.8, 4) is 44.5 Å². The summed E-state index contributed by atoms with van der Waals surface area (Å²) >= 11 is 0. The number of benzene rings is 12. The monoisotopic (exact) mass is 876 g/mol. The zero-order valence-electron chi connectivity index (χ0n) is 37.4. The van der Waals surface area contributed by atoms with Crippen molar-refractivity contribution in [2.75, 3.05) is 0 Å². The summed E-state index contributed by atoms with van der Waals surface area (Å²) < 4.78 is 12.8. The molecule has 320 valence electrons. The van der Waals surface area contributed by atoms with Gasteiger partial charge < -0.3 is 8.83 Å². The van der Waals surface area contributed by atoms with E-state index in [4.69, 9.17) is 8.83 Å².